The molecular weight excluding hydrogens is 176 g/mol. The molecule has 76 valence electrons. The van der Waals surface area contributed by atoms with E-state index in [9.17, 15) is 0 Å². The van der Waals surface area contributed by atoms with Crippen molar-refractivity contribution in [1.29, 1.82) is 0 Å². The van der Waals surface area contributed by atoms with Crippen LogP contribution in [0.25, 0.3) is 0 Å². The first kappa shape index (κ1) is 10.9. The van der Waals surface area contributed by atoms with Crippen LogP contribution in [0.15, 0.2) is 23.5 Å². The van der Waals surface area contributed by atoms with Crippen LogP contribution in [0.2, 0.25) is 0 Å². The van der Waals surface area contributed by atoms with Crippen molar-refractivity contribution < 1.29 is 9.47 Å². The first-order chi connectivity index (χ1) is 6.81. The second kappa shape index (κ2) is 5.51. The highest BCUT2D eigenvalue weighted by molar-refractivity contribution is 5.24. The molecule has 0 amide bonds. The number of ether oxygens (including phenoxy) is 2. The zero-order valence-corrected chi connectivity index (χ0v) is 8.75. The molecule has 0 N–H and O–H groups in total. The molecule has 1 unspecified atom stereocenters. The van der Waals surface area contributed by atoms with Gasteiger partial charge in [0, 0.05) is 13.5 Å². The second-order valence-corrected chi connectivity index (χ2v) is 3.17. The lowest BCUT2D eigenvalue weighted by molar-refractivity contribution is 0.0698. The van der Waals surface area contributed by atoms with Crippen LogP contribution in [0, 0.1) is 12.3 Å². The van der Waals surface area contributed by atoms with Gasteiger partial charge in [-0.2, -0.15) is 0 Å². The Morgan fingerprint density at radius 1 is 1.57 bits per heavy atom. The maximum absolute atomic E-state index is 5.38. The molecule has 0 aromatic rings. The van der Waals surface area contributed by atoms with E-state index in [0.29, 0.717) is 6.61 Å². The zero-order chi connectivity index (χ0) is 10.4. The van der Waals surface area contributed by atoms with Gasteiger partial charge in [0.15, 0.2) is 0 Å². The van der Waals surface area contributed by atoms with Crippen molar-refractivity contribution in [3.05, 3.63) is 23.5 Å². The van der Waals surface area contributed by atoms with Gasteiger partial charge in [0.05, 0.1) is 0 Å². The summed E-state index contributed by atoms with van der Waals surface area (Å²) in [6.45, 7) is 2.45. The summed E-state index contributed by atoms with van der Waals surface area (Å²) in [6, 6.07) is 0. The SMILES string of the molecule is C#CCOC1=CC=C(CC)CC1OC. The third-order valence-corrected chi connectivity index (χ3v) is 2.31. The molecular formula is C12H16O2. The molecule has 2 nitrogen and oxygen atoms in total. The molecule has 2 heteroatoms. The average molecular weight is 192 g/mol. The number of methoxy groups -OCH3 is 1. The van der Waals surface area contributed by atoms with Crippen molar-refractivity contribution in [2.75, 3.05) is 13.7 Å². The fourth-order valence-electron chi connectivity index (χ4n) is 1.44. The van der Waals surface area contributed by atoms with Gasteiger partial charge in [0.1, 0.15) is 18.5 Å². The van der Waals surface area contributed by atoms with Crippen LogP contribution >= 0.6 is 0 Å². The minimum absolute atomic E-state index is 0.0308. The van der Waals surface area contributed by atoms with Crippen LogP contribution in [0.3, 0.4) is 0 Å². The lowest BCUT2D eigenvalue weighted by atomic mass is 9.99. The Hall–Kier alpha value is -1.20. The van der Waals surface area contributed by atoms with Crippen LogP contribution in [-0.4, -0.2) is 19.8 Å². The fraction of sp³-hybridized carbons (Fsp3) is 0.500. The Morgan fingerprint density at radius 3 is 2.93 bits per heavy atom. The van der Waals surface area contributed by atoms with Gasteiger partial charge >= 0.3 is 0 Å². The summed E-state index contributed by atoms with van der Waals surface area (Å²) in [5, 5.41) is 0. The molecule has 14 heavy (non-hydrogen) atoms. The van der Waals surface area contributed by atoms with Crippen LogP contribution in [0.4, 0.5) is 0 Å². The van der Waals surface area contributed by atoms with Gasteiger partial charge in [0.25, 0.3) is 0 Å². The maximum atomic E-state index is 5.38. The van der Waals surface area contributed by atoms with Gasteiger partial charge < -0.3 is 9.47 Å². The van der Waals surface area contributed by atoms with E-state index in [-0.39, 0.29) is 6.10 Å². The molecule has 1 atom stereocenters. The monoisotopic (exact) mass is 192 g/mol. The number of hydrogen-bond acceptors (Lipinski definition) is 2. The molecule has 1 aliphatic rings. The van der Waals surface area contributed by atoms with Crippen molar-refractivity contribution in [1.82, 2.24) is 0 Å². The van der Waals surface area contributed by atoms with E-state index in [1.54, 1.807) is 7.11 Å². The average Bonchev–Trinajstić information content (AvgIpc) is 2.26. The summed E-state index contributed by atoms with van der Waals surface area (Å²) in [6.07, 6.45) is 11.2. The topological polar surface area (TPSA) is 18.5 Å². The lowest BCUT2D eigenvalue weighted by Crippen LogP contribution is -2.19. The summed E-state index contributed by atoms with van der Waals surface area (Å²) in [7, 11) is 1.69. The third-order valence-electron chi connectivity index (χ3n) is 2.31. The molecule has 1 aliphatic carbocycles. The van der Waals surface area contributed by atoms with E-state index in [1.165, 1.54) is 5.57 Å². The number of terminal acetylenes is 1. The van der Waals surface area contributed by atoms with Gasteiger partial charge in [-0.05, 0) is 12.5 Å². The Balaban J connectivity index is 2.65. The molecule has 0 aromatic heterocycles. The van der Waals surface area contributed by atoms with Crippen molar-refractivity contribution in [2.24, 2.45) is 0 Å². The molecule has 0 bridgehead atoms. The maximum Gasteiger partial charge on any atom is 0.148 e. The fourth-order valence-corrected chi connectivity index (χ4v) is 1.44. The largest absolute Gasteiger partial charge is 0.483 e. The Labute approximate surface area is 85.6 Å². The second-order valence-electron chi connectivity index (χ2n) is 3.17. The van der Waals surface area contributed by atoms with E-state index in [4.69, 9.17) is 15.9 Å². The third kappa shape index (κ3) is 2.65. The molecule has 0 radical (unpaired) electrons. The first-order valence-corrected chi connectivity index (χ1v) is 4.80. The van der Waals surface area contributed by atoms with E-state index in [0.717, 1.165) is 18.6 Å². The normalized spacial score (nSPS) is 20.8. The van der Waals surface area contributed by atoms with E-state index in [1.807, 2.05) is 6.08 Å². The molecule has 0 heterocycles. The Morgan fingerprint density at radius 2 is 2.36 bits per heavy atom. The van der Waals surface area contributed by atoms with Gasteiger partial charge in [-0.3, -0.25) is 0 Å². The number of hydrogen-bond donors (Lipinski definition) is 0. The Kier molecular flexibility index (Phi) is 4.28. The molecule has 0 aliphatic heterocycles. The highest BCUT2D eigenvalue weighted by atomic mass is 16.5. The lowest BCUT2D eigenvalue weighted by Gasteiger charge is -2.22. The quantitative estimate of drug-likeness (QED) is 0.636. The molecule has 0 fully saturated rings. The standard InChI is InChI=1S/C12H16O2/c1-4-8-14-11-7-6-10(5-2)9-12(11)13-3/h1,6-7,12H,5,8-9H2,2-3H3. The highest BCUT2D eigenvalue weighted by Gasteiger charge is 2.19. The molecule has 0 spiro atoms. The van der Waals surface area contributed by atoms with Crippen LogP contribution in [-0.2, 0) is 9.47 Å². The minimum atomic E-state index is 0.0308. The molecule has 1 rings (SSSR count). The molecule has 0 saturated carbocycles. The predicted octanol–water partition coefficient (Wildman–Crippen LogP) is 2.28. The molecule has 0 aromatic carbocycles. The van der Waals surface area contributed by atoms with E-state index < -0.39 is 0 Å². The van der Waals surface area contributed by atoms with Crippen molar-refractivity contribution in [2.45, 2.75) is 25.9 Å². The van der Waals surface area contributed by atoms with Crippen LogP contribution < -0.4 is 0 Å². The van der Waals surface area contributed by atoms with E-state index in [2.05, 4.69) is 18.9 Å². The van der Waals surface area contributed by atoms with Crippen LogP contribution in [0.5, 0.6) is 0 Å². The summed E-state index contributed by atoms with van der Waals surface area (Å²) >= 11 is 0. The van der Waals surface area contributed by atoms with Gasteiger partial charge in [0.2, 0.25) is 0 Å². The minimum Gasteiger partial charge on any atom is -0.483 e. The summed E-state index contributed by atoms with van der Waals surface area (Å²) in [5.74, 6) is 3.28. The Bertz CT molecular complexity index is 281. The van der Waals surface area contributed by atoms with Crippen molar-refractivity contribution in [3.63, 3.8) is 0 Å². The smallest absolute Gasteiger partial charge is 0.148 e. The summed E-state index contributed by atoms with van der Waals surface area (Å²) < 4.78 is 10.7. The van der Waals surface area contributed by atoms with Gasteiger partial charge in [-0.15, -0.1) is 6.42 Å². The number of allylic oxidation sites excluding steroid dienone is 2. The van der Waals surface area contributed by atoms with E-state index >= 15 is 0 Å². The van der Waals surface area contributed by atoms with Crippen LogP contribution in [0.1, 0.15) is 19.8 Å². The zero-order valence-electron chi connectivity index (χ0n) is 8.75. The highest BCUT2D eigenvalue weighted by Crippen LogP contribution is 2.23. The molecule has 0 saturated heterocycles. The first-order valence-electron chi connectivity index (χ1n) is 4.80. The number of rotatable bonds is 4. The van der Waals surface area contributed by atoms with Crippen molar-refractivity contribution >= 4 is 0 Å². The van der Waals surface area contributed by atoms with Gasteiger partial charge in [-0.1, -0.05) is 24.5 Å². The summed E-state index contributed by atoms with van der Waals surface area (Å²) in [5.41, 5.74) is 1.38. The summed E-state index contributed by atoms with van der Waals surface area (Å²) in [4.78, 5) is 0. The van der Waals surface area contributed by atoms with Crippen molar-refractivity contribution in [3.8, 4) is 12.3 Å². The predicted molar refractivity (Wildman–Crippen MR) is 56.7 cm³/mol. The van der Waals surface area contributed by atoms with Gasteiger partial charge in [-0.25, -0.2) is 0 Å².